The minimum Gasteiger partial charge on any atom is -0.353 e. The lowest BCUT2D eigenvalue weighted by molar-refractivity contribution is -0.123. The lowest BCUT2D eigenvalue weighted by Gasteiger charge is -2.31. The monoisotopic (exact) mass is 286 g/mol. The second-order valence-corrected chi connectivity index (χ2v) is 6.49. The molecule has 0 aliphatic heterocycles. The van der Waals surface area contributed by atoms with Crippen molar-refractivity contribution in [2.75, 3.05) is 7.05 Å². The van der Waals surface area contributed by atoms with Crippen molar-refractivity contribution < 1.29 is 4.79 Å². The van der Waals surface area contributed by atoms with Gasteiger partial charge in [0.2, 0.25) is 5.91 Å². The average molecular weight is 286 g/mol. The van der Waals surface area contributed by atoms with E-state index in [0.29, 0.717) is 12.1 Å². The smallest absolute Gasteiger partial charge is 0.227 e. The highest BCUT2D eigenvalue weighted by atomic mass is 16.1. The van der Waals surface area contributed by atoms with E-state index in [1.54, 1.807) is 0 Å². The lowest BCUT2D eigenvalue weighted by Crippen LogP contribution is -2.43. The third kappa shape index (κ3) is 3.29. The van der Waals surface area contributed by atoms with Crippen molar-refractivity contribution in [3.63, 3.8) is 0 Å². The number of hydrogen-bond acceptors (Lipinski definition) is 2. The second kappa shape index (κ2) is 6.61. The van der Waals surface area contributed by atoms with Gasteiger partial charge in [0.1, 0.15) is 0 Å². The van der Waals surface area contributed by atoms with Gasteiger partial charge in [-0.15, -0.1) is 0 Å². The van der Waals surface area contributed by atoms with E-state index < -0.39 is 0 Å². The summed E-state index contributed by atoms with van der Waals surface area (Å²) in [5, 5.41) is 6.65. The molecule has 2 N–H and O–H groups in total. The van der Waals surface area contributed by atoms with Gasteiger partial charge in [-0.1, -0.05) is 24.3 Å². The van der Waals surface area contributed by atoms with Crippen molar-refractivity contribution in [1.82, 2.24) is 10.6 Å². The minimum atomic E-state index is 0.0666. The second-order valence-electron chi connectivity index (χ2n) is 6.49. The maximum absolute atomic E-state index is 12.7. The molecule has 1 aromatic rings. The molecule has 0 radical (unpaired) electrons. The maximum atomic E-state index is 12.7. The molecule has 0 spiro atoms. The number of carbonyl (C=O) groups is 1. The first kappa shape index (κ1) is 14.6. The predicted octanol–water partition coefficient (Wildman–Crippen LogP) is 2.75. The summed E-state index contributed by atoms with van der Waals surface area (Å²) >= 11 is 0. The maximum Gasteiger partial charge on any atom is 0.227 e. The number of aryl methyl sites for hydroxylation is 1. The Hall–Kier alpha value is -1.35. The summed E-state index contributed by atoms with van der Waals surface area (Å²) in [6.07, 6.45) is 7.78. The Morgan fingerprint density at radius 2 is 1.76 bits per heavy atom. The average Bonchev–Trinajstić information content (AvgIpc) is 2.55. The van der Waals surface area contributed by atoms with Crippen molar-refractivity contribution in [2.24, 2.45) is 0 Å². The molecule has 2 aliphatic carbocycles. The third-order valence-electron chi connectivity index (χ3n) is 5.17. The molecule has 114 valence electrons. The van der Waals surface area contributed by atoms with Crippen LogP contribution in [0.1, 0.15) is 55.6 Å². The molecule has 3 rings (SSSR count). The van der Waals surface area contributed by atoms with Gasteiger partial charge in [0, 0.05) is 12.1 Å². The van der Waals surface area contributed by atoms with E-state index in [0.717, 1.165) is 32.1 Å². The molecule has 3 nitrogen and oxygen atoms in total. The molecule has 0 aromatic heterocycles. The lowest BCUT2D eigenvalue weighted by atomic mass is 9.82. The van der Waals surface area contributed by atoms with Crippen molar-refractivity contribution in [3.8, 4) is 0 Å². The van der Waals surface area contributed by atoms with Gasteiger partial charge in [-0.05, 0) is 63.1 Å². The van der Waals surface area contributed by atoms with Crippen LogP contribution in [0.4, 0.5) is 0 Å². The fraction of sp³-hybridized carbons (Fsp3) is 0.611. The summed E-state index contributed by atoms with van der Waals surface area (Å²) in [6.45, 7) is 0. The summed E-state index contributed by atoms with van der Waals surface area (Å²) < 4.78 is 0. The SMILES string of the molecule is CNC1CCC(NC(=O)C2CCCc3ccccc32)CC1. The first-order valence-electron chi connectivity index (χ1n) is 8.33. The van der Waals surface area contributed by atoms with E-state index in [1.165, 1.54) is 24.0 Å². The standard InChI is InChI=1S/C18H26N2O/c1-19-14-9-11-15(12-10-14)20-18(21)17-8-4-6-13-5-2-3-7-16(13)17/h2-3,5,7,14-15,17,19H,4,6,8-12H2,1H3,(H,20,21). The Bertz CT molecular complexity index is 492. The van der Waals surface area contributed by atoms with E-state index in [9.17, 15) is 4.79 Å². The number of nitrogens with one attached hydrogen (secondary N) is 2. The molecule has 0 saturated heterocycles. The van der Waals surface area contributed by atoms with Gasteiger partial charge in [0.25, 0.3) is 0 Å². The van der Waals surface area contributed by atoms with Crippen LogP contribution in [0.15, 0.2) is 24.3 Å². The molecular weight excluding hydrogens is 260 g/mol. The van der Waals surface area contributed by atoms with Crippen LogP contribution in [-0.2, 0) is 11.2 Å². The Morgan fingerprint density at radius 1 is 1.05 bits per heavy atom. The highest BCUT2D eigenvalue weighted by molar-refractivity contribution is 5.84. The highest BCUT2D eigenvalue weighted by Crippen LogP contribution is 2.32. The molecule has 1 unspecified atom stereocenters. The molecule has 2 aliphatic rings. The zero-order valence-electron chi connectivity index (χ0n) is 12.9. The summed E-state index contributed by atoms with van der Waals surface area (Å²) in [4.78, 5) is 12.7. The Balaban J connectivity index is 1.62. The normalized spacial score (nSPS) is 28.7. The van der Waals surface area contributed by atoms with Crippen LogP contribution in [-0.4, -0.2) is 25.0 Å². The largest absolute Gasteiger partial charge is 0.353 e. The Labute approximate surface area is 127 Å². The summed E-state index contributed by atoms with van der Waals surface area (Å²) in [5.74, 6) is 0.312. The number of amides is 1. The van der Waals surface area contributed by atoms with Crippen molar-refractivity contribution in [2.45, 2.75) is 62.9 Å². The van der Waals surface area contributed by atoms with E-state index in [2.05, 4.69) is 34.9 Å². The van der Waals surface area contributed by atoms with Gasteiger partial charge in [0.15, 0.2) is 0 Å². The predicted molar refractivity (Wildman–Crippen MR) is 85.4 cm³/mol. The van der Waals surface area contributed by atoms with Gasteiger partial charge in [-0.3, -0.25) is 4.79 Å². The van der Waals surface area contributed by atoms with Gasteiger partial charge in [0.05, 0.1) is 5.92 Å². The van der Waals surface area contributed by atoms with E-state index >= 15 is 0 Å². The van der Waals surface area contributed by atoms with Crippen LogP contribution in [0.5, 0.6) is 0 Å². The molecule has 1 atom stereocenters. The highest BCUT2D eigenvalue weighted by Gasteiger charge is 2.28. The summed E-state index contributed by atoms with van der Waals surface area (Å²) in [6, 6.07) is 9.45. The topological polar surface area (TPSA) is 41.1 Å². The molecule has 1 aromatic carbocycles. The zero-order chi connectivity index (χ0) is 14.7. The first-order chi connectivity index (χ1) is 10.3. The summed E-state index contributed by atoms with van der Waals surface area (Å²) in [7, 11) is 2.03. The number of fused-ring (bicyclic) bond motifs is 1. The molecule has 1 amide bonds. The minimum absolute atomic E-state index is 0.0666. The van der Waals surface area contributed by atoms with Crippen LogP contribution in [0, 0.1) is 0 Å². The van der Waals surface area contributed by atoms with Crippen molar-refractivity contribution in [3.05, 3.63) is 35.4 Å². The van der Waals surface area contributed by atoms with Crippen LogP contribution < -0.4 is 10.6 Å². The molecule has 0 bridgehead atoms. The van der Waals surface area contributed by atoms with E-state index in [-0.39, 0.29) is 11.8 Å². The quantitative estimate of drug-likeness (QED) is 0.897. The zero-order valence-corrected chi connectivity index (χ0v) is 12.9. The molecule has 3 heteroatoms. The van der Waals surface area contributed by atoms with E-state index in [1.807, 2.05) is 7.05 Å². The molecular formula is C18H26N2O. The number of rotatable bonds is 3. The number of hydrogen-bond donors (Lipinski definition) is 2. The van der Waals surface area contributed by atoms with Crippen LogP contribution in [0.3, 0.4) is 0 Å². The van der Waals surface area contributed by atoms with Crippen LogP contribution >= 0.6 is 0 Å². The molecule has 0 heterocycles. The van der Waals surface area contributed by atoms with Gasteiger partial charge < -0.3 is 10.6 Å². The molecule has 1 fully saturated rings. The first-order valence-corrected chi connectivity index (χ1v) is 8.33. The molecule has 21 heavy (non-hydrogen) atoms. The van der Waals surface area contributed by atoms with Gasteiger partial charge in [-0.25, -0.2) is 0 Å². The third-order valence-corrected chi connectivity index (χ3v) is 5.17. The van der Waals surface area contributed by atoms with Crippen LogP contribution in [0.25, 0.3) is 0 Å². The van der Waals surface area contributed by atoms with Crippen molar-refractivity contribution in [1.29, 1.82) is 0 Å². The number of benzene rings is 1. The number of carbonyl (C=O) groups excluding carboxylic acids is 1. The fourth-order valence-corrected chi connectivity index (χ4v) is 3.85. The fourth-order valence-electron chi connectivity index (χ4n) is 3.85. The summed E-state index contributed by atoms with van der Waals surface area (Å²) in [5.41, 5.74) is 2.62. The van der Waals surface area contributed by atoms with Gasteiger partial charge >= 0.3 is 0 Å². The van der Waals surface area contributed by atoms with Crippen molar-refractivity contribution >= 4 is 5.91 Å². The van der Waals surface area contributed by atoms with E-state index in [4.69, 9.17) is 0 Å². The van der Waals surface area contributed by atoms with Gasteiger partial charge in [-0.2, -0.15) is 0 Å². The Kier molecular flexibility index (Phi) is 4.59. The van der Waals surface area contributed by atoms with Crippen LogP contribution in [0.2, 0.25) is 0 Å². The molecule has 1 saturated carbocycles. The Morgan fingerprint density at radius 3 is 2.52 bits per heavy atom.